The minimum atomic E-state index is 0.577. The number of rotatable bonds is 16. The van der Waals surface area contributed by atoms with Crippen LogP contribution in [-0.4, -0.2) is 39.6 Å². The van der Waals surface area contributed by atoms with E-state index in [9.17, 15) is 0 Å². The Morgan fingerprint density at radius 3 is 1.29 bits per heavy atom. The molecule has 0 aliphatic carbocycles. The summed E-state index contributed by atoms with van der Waals surface area (Å²) in [7, 11) is 0. The van der Waals surface area contributed by atoms with Crippen molar-refractivity contribution in [2.24, 2.45) is 0 Å². The predicted molar refractivity (Wildman–Crippen MR) is 158 cm³/mol. The number of hydrogen-bond acceptors (Lipinski definition) is 4. The summed E-state index contributed by atoms with van der Waals surface area (Å²) in [5.41, 5.74) is 4.35. The van der Waals surface area contributed by atoms with E-state index in [4.69, 9.17) is 18.9 Å². The molecule has 0 atom stereocenters. The standard InChI is InChI=1S/C27H32Br4O4/c1-18(2)16-32-7-5-9-34-26-22(28)12-20(13-23(26)29)11-21-14-24(30)27(25(31)15-21)35-10-6-8-33-17-19(3)4/h12-15H,1,3,5-11,16-17H2,2,4H3. The lowest BCUT2D eigenvalue weighted by Gasteiger charge is -2.14. The predicted octanol–water partition coefficient (Wildman–Crippen LogP) is 9.05. The fourth-order valence-corrected chi connectivity index (χ4v) is 6.12. The van der Waals surface area contributed by atoms with E-state index in [1.54, 1.807) is 0 Å². The number of hydrogen-bond donors (Lipinski definition) is 0. The van der Waals surface area contributed by atoms with Gasteiger partial charge < -0.3 is 18.9 Å². The summed E-state index contributed by atoms with van der Waals surface area (Å²) in [5, 5.41) is 0. The van der Waals surface area contributed by atoms with Gasteiger partial charge in [0, 0.05) is 12.8 Å². The van der Waals surface area contributed by atoms with Crippen LogP contribution >= 0.6 is 63.7 Å². The Morgan fingerprint density at radius 1 is 0.629 bits per heavy atom. The van der Waals surface area contributed by atoms with Crippen molar-refractivity contribution in [3.05, 3.63) is 77.6 Å². The lowest BCUT2D eigenvalue weighted by atomic mass is 10.0. The van der Waals surface area contributed by atoms with Gasteiger partial charge in [-0.2, -0.15) is 0 Å². The van der Waals surface area contributed by atoms with Crippen molar-refractivity contribution in [2.75, 3.05) is 39.6 Å². The summed E-state index contributed by atoms with van der Waals surface area (Å²) < 4.78 is 26.6. The molecule has 0 spiro atoms. The SMILES string of the molecule is C=C(C)COCCCOc1c(Br)cc(Cc2cc(Br)c(OCCCOCC(=C)C)c(Br)c2)cc1Br. The molecule has 0 radical (unpaired) electrons. The smallest absolute Gasteiger partial charge is 0.147 e. The van der Waals surface area contributed by atoms with E-state index in [1.165, 1.54) is 0 Å². The number of benzene rings is 2. The lowest BCUT2D eigenvalue weighted by molar-refractivity contribution is 0.138. The average molecular weight is 740 g/mol. The molecule has 2 rings (SSSR count). The van der Waals surface area contributed by atoms with E-state index >= 15 is 0 Å². The first-order valence-electron chi connectivity index (χ1n) is 11.3. The average Bonchev–Trinajstić information content (AvgIpc) is 2.75. The molecule has 0 unspecified atom stereocenters. The van der Waals surface area contributed by atoms with Gasteiger partial charge in [0.2, 0.25) is 0 Å². The largest absolute Gasteiger partial charge is 0.491 e. The molecule has 4 nitrogen and oxygen atoms in total. The molecule has 0 aliphatic heterocycles. The van der Waals surface area contributed by atoms with Crippen LogP contribution in [-0.2, 0) is 15.9 Å². The van der Waals surface area contributed by atoms with Crippen molar-refractivity contribution in [3.8, 4) is 11.5 Å². The second-order valence-electron chi connectivity index (χ2n) is 8.38. The molecule has 0 aliphatic rings. The molecule has 0 amide bonds. The topological polar surface area (TPSA) is 36.9 Å². The Kier molecular flexibility index (Phi) is 14.2. The monoisotopic (exact) mass is 736 g/mol. The zero-order valence-electron chi connectivity index (χ0n) is 20.2. The molecule has 0 heterocycles. The Bertz CT molecular complexity index is 881. The van der Waals surface area contributed by atoms with Crippen molar-refractivity contribution < 1.29 is 18.9 Å². The summed E-state index contributed by atoms with van der Waals surface area (Å²) in [5.74, 6) is 1.60. The maximum atomic E-state index is 5.97. The molecule has 0 aromatic heterocycles. The highest BCUT2D eigenvalue weighted by molar-refractivity contribution is 9.11. The highest BCUT2D eigenvalue weighted by Crippen LogP contribution is 2.38. The minimum Gasteiger partial charge on any atom is -0.491 e. The van der Waals surface area contributed by atoms with E-state index in [0.717, 1.165) is 70.9 Å². The minimum absolute atomic E-state index is 0.577. The van der Waals surface area contributed by atoms with Crippen LogP contribution in [0.15, 0.2) is 66.5 Å². The molecule has 0 N–H and O–H groups in total. The van der Waals surface area contributed by atoms with Gasteiger partial charge in [-0.05, 0) is 119 Å². The number of ether oxygens (including phenoxy) is 4. The van der Waals surface area contributed by atoms with Gasteiger partial charge >= 0.3 is 0 Å². The highest BCUT2D eigenvalue weighted by atomic mass is 79.9. The third kappa shape index (κ3) is 11.5. The first-order chi connectivity index (χ1) is 16.7. The molecule has 2 aromatic carbocycles. The molecule has 0 bridgehead atoms. The van der Waals surface area contributed by atoms with E-state index in [2.05, 4.69) is 101 Å². The molecule has 0 saturated heterocycles. The van der Waals surface area contributed by atoms with Crippen molar-refractivity contribution in [1.29, 1.82) is 0 Å². The van der Waals surface area contributed by atoms with Crippen molar-refractivity contribution >= 4 is 63.7 Å². The normalized spacial score (nSPS) is 10.9. The van der Waals surface area contributed by atoms with E-state index < -0.39 is 0 Å². The van der Waals surface area contributed by atoms with Crippen LogP contribution in [0.4, 0.5) is 0 Å². The molecule has 2 aromatic rings. The Morgan fingerprint density at radius 2 is 0.971 bits per heavy atom. The first kappa shape index (κ1) is 30.6. The van der Waals surface area contributed by atoms with Gasteiger partial charge in [-0.25, -0.2) is 0 Å². The summed E-state index contributed by atoms with van der Waals surface area (Å²) in [6, 6.07) is 8.37. The van der Waals surface area contributed by atoms with Crippen LogP contribution in [0.2, 0.25) is 0 Å². The zero-order valence-corrected chi connectivity index (χ0v) is 26.6. The van der Waals surface area contributed by atoms with Gasteiger partial charge in [0.25, 0.3) is 0 Å². The molecule has 0 fully saturated rings. The zero-order chi connectivity index (χ0) is 25.8. The Hall–Kier alpha value is -0.640. The van der Waals surface area contributed by atoms with Crippen LogP contribution < -0.4 is 9.47 Å². The van der Waals surface area contributed by atoms with Gasteiger partial charge in [0.05, 0.1) is 57.5 Å². The molecule has 192 valence electrons. The Balaban J connectivity index is 1.91. The van der Waals surface area contributed by atoms with Crippen LogP contribution in [0.3, 0.4) is 0 Å². The lowest BCUT2D eigenvalue weighted by Crippen LogP contribution is -2.05. The van der Waals surface area contributed by atoms with Gasteiger partial charge in [0.1, 0.15) is 11.5 Å². The summed E-state index contributed by atoms with van der Waals surface area (Å²) in [6.07, 6.45) is 2.39. The Labute approximate surface area is 243 Å². The van der Waals surface area contributed by atoms with Gasteiger partial charge in [-0.3, -0.25) is 0 Å². The highest BCUT2D eigenvalue weighted by Gasteiger charge is 2.13. The first-order valence-corrected chi connectivity index (χ1v) is 14.5. The molecular formula is C27H32Br4O4. The molecule has 35 heavy (non-hydrogen) atoms. The van der Waals surface area contributed by atoms with E-state index in [0.29, 0.717) is 39.6 Å². The van der Waals surface area contributed by atoms with Crippen molar-refractivity contribution in [3.63, 3.8) is 0 Å². The quantitative estimate of drug-likeness (QED) is 0.127. The third-order valence-corrected chi connectivity index (χ3v) is 6.94. The van der Waals surface area contributed by atoms with Gasteiger partial charge in [0.15, 0.2) is 0 Å². The van der Waals surface area contributed by atoms with Crippen molar-refractivity contribution in [2.45, 2.75) is 33.1 Å². The van der Waals surface area contributed by atoms with Crippen LogP contribution in [0.5, 0.6) is 11.5 Å². The van der Waals surface area contributed by atoms with Gasteiger partial charge in [-0.15, -0.1) is 0 Å². The van der Waals surface area contributed by atoms with Crippen LogP contribution in [0.25, 0.3) is 0 Å². The molecule has 8 heteroatoms. The second-order valence-corrected chi connectivity index (χ2v) is 11.8. The maximum absolute atomic E-state index is 5.97. The third-order valence-electron chi connectivity index (χ3n) is 4.58. The van der Waals surface area contributed by atoms with Gasteiger partial charge in [-0.1, -0.05) is 24.3 Å². The molecular weight excluding hydrogens is 708 g/mol. The van der Waals surface area contributed by atoms with Crippen LogP contribution in [0, 0.1) is 0 Å². The van der Waals surface area contributed by atoms with E-state index in [1.807, 2.05) is 13.8 Å². The number of halogens is 4. The summed E-state index contributed by atoms with van der Waals surface area (Å²) >= 11 is 14.6. The van der Waals surface area contributed by atoms with E-state index in [-0.39, 0.29) is 0 Å². The van der Waals surface area contributed by atoms with Crippen LogP contribution in [0.1, 0.15) is 37.8 Å². The fourth-order valence-electron chi connectivity index (χ4n) is 3.10. The summed E-state index contributed by atoms with van der Waals surface area (Å²) in [6.45, 7) is 15.2. The molecule has 0 saturated carbocycles. The van der Waals surface area contributed by atoms with Crippen molar-refractivity contribution in [1.82, 2.24) is 0 Å². The summed E-state index contributed by atoms with van der Waals surface area (Å²) in [4.78, 5) is 0. The second kappa shape index (κ2) is 16.3. The fraction of sp³-hybridized carbons (Fsp3) is 0.407. The maximum Gasteiger partial charge on any atom is 0.147 e.